The summed E-state index contributed by atoms with van der Waals surface area (Å²) in [5.41, 5.74) is 13.6. The fourth-order valence-corrected chi connectivity index (χ4v) is 7.43. The summed E-state index contributed by atoms with van der Waals surface area (Å²) in [6, 6.07) is 69.4. The van der Waals surface area contributed by atoms with Gasteiger partial charge < -0.3 is 4.42 Å². The van der Waals surface area contributed by atoms with Crippen LogP contribution in [-0.4, -0.2) is 15.0 Å². The largest absolute Gasteiger partial charge is 0.456 e. The van der Waals surface area contributed by atoms with E-state index in [4.69, 9.17) is 19.4 Å². The smallest absolute Gasteiger partial charge is 0.164 e. The van der Waals surface area contributed by atoms with Crippen LogP contribution in [-0.2, 0) is 0 Å². The molecule has 0 saturated heterocycles. The average molecular weight is 704 g/mol. The third-order valence-corrected chi connectivity index (χ3v) is 10.2. The Kier molecular flexibility index (Phi) is 8.12. The third-order valence-electron chi connectivity index (χ3n) is 10.2. The van der Waals surface area contributed by atoms with E-state index in [0.29, 0.717) is 17.5 Å². The van der Waals surface area contributed by atoms with E-state index >= 15 is 0 Å². The second kappa shape index (κ2) is 13.8. The van der Waals surface area contributed by atoms with Crippen LogP contribution in [0.1, 0.15) is 0 Å². The summed E-state index contributed by atoms with van der Waals surface area (Å²) >= 11 is 0. The van der Waals surface area contributed by atoms with Crippen molar-refractivity contribution in [2.24, 2.45) is 0 Å². The van der Waals surface area contributed by atoms with Gasteiger partial charge in [0.1, 0.15) is 11.2 Å². The van der Waals surface area contributed by atoms with E-state index in [9.17, 15) is 0 Å². The lowest BCUT2D eigenvalue weighted by atomic mass is 9.90. The van der Waals surface area contributed by atoms with Gasteiger partial charge in [-0.15, -0.1) is 0 Å². The summed E-state index contributed by atoms with van der Waals surface area (Å²) in [4.78, 5) is 15.3. The molecule has 0 amide bonds. The van der Waals surface area contributed by atoms with Gasteiger partial charge >= 0.3 is 0 Å². The van der Waals surface area contributed by atoms with Crippen molar-refractivity contribution < 1.29 is 4.42 Å². The molecule has 0 aliphatic rings. The summed E-state index contributed by atoms with van der Waals surface area (Å²) < 4.78 is 6.51. The second-order valence-corrected chi connectivity index (χ2v) is 13.6. The minimum atomic E-state index is 0.590. The van der Waals surface area contributed by atoms with Crippen molar-refractivity contribution in [3.05, 3.63) is 200 Å². The number of benzene rings is 8. The van der Waals surface area contributed by atoms with Crippen LogP contribution in [0.4, 0.5) is 0 Å². The van der Waals surface area contributed by atoms with E-state index in [0.717, 1.165) is 66.4 Å². The Morgan fingerprint density at radius 2 is 0.764 bits per heavy atom. The lowest BCUT2D eigenvalue weighted by molar-refractivity contribution is 0.669. The van der Waals surface area contributed by atoms with Crippen LogP contribution in [0.3, 0.4) is 0 Å². The highest BCUT2D eigenvalue weighted by atomic mass is 16.3. The lowest BCUT2D eigenvalue weighted by Gasteiger charge is -2.13. The summed E-state index contributed by atoms with van der Waals surface area (Å²) in [6.07, 6.45) is 0. The van der Waals surface area contributed by atoms with Crippen molar-refractivity contribution in [3.63, 3.8) is 0 Å². The molecule has 0 radical (unpaired) electrons. The fourth-order valence-electron chi connectivity index (χ4n) is 7.43. The molecule has 0 atom stereocenters. The predicted molar refractivity (Wildman–Crippen MR) is 225 cm³/mol. The topological polar surface area (TPSA) is 51.8 Å². The van der Waals surface area contributed by atoms with E-state index in [1.165, 1.54) is 16.7 Å². The molecule has 0 N–H and O–H groups in total. The number of furan rings is 1. The van der Waals surface area contributed by atoms with Crippen LogP contribution in [0, 0.1) is 0 Å². The van der Waals surface area contributed by atoms with Crippen LogP contribution in [0.2, 0.25) is 0 Å². The molecule has 10 aromatic rings. The summed E-state index contributed by atoms with van der Waals surface area (Å²) in [5.74, 6) is 1.82. The van der Waals surface area contributed by atoms with E-state index in [2.05, 4.69) is 152 Å². The molecule has 55 heavy (non-hydrogen) atoms. The van der Waals surface area contributed by atoms with Crippen molar-refractivity contribution in [1.29, 1.82) is 0 Å². The fraction of sp³-hybridized carbons (Fsp3) is 0. The number of nitrogens with zero attached hydrogens (tertiary/aromatic N) is 3. The molecule has 0 unspecified atom stereocenters. The van der Waals surface area contributed by atoms with Crippen molar-refractivity contribution >= 4 is 21.9 Å². The first-order chi connectivity index (χ1) is 27.2. The molecule has 0 spiro atoms. The number of hydrogen-bond donors (Lipinski definition) is 0. The molecule has 0 aliphatic heterocycles. The molecule has 0 bridgehead atoms. The maximum absolute atomic E-state index is 6.51. The van der Waals surface area contributed by atoms with Gasteiger partial charge in [0.05, 0.1) is 0 Å². The maximum atomic E-state index is 6.51. The Balaban J connectivity index is 1.14. The highest BCUT2D eigenvalue weighted by molar-refractivity contribution is 6.13. The lowest BCUT2D eigenvalue weighted by Crippen LogP contribution is -2.00. The van der Waals surface area contributed by atoms with Gasteiger partial charge in [-0.25, -0.2) is 15.0 Å². The number of hydrogen-bond acceptors (Lipinski definition) is 4. The van der Waals surface area contributed by atoms with E-state index in [1.807, 2.05) is 48.5 Å². The van der Waals surface area contributed by atoms with Crippen LogP contribution in [0.5, 0.6) is 0 Å². The normalized spacial score (nSPS) is 11.3. The minimum absolute atomic E-state index is 0.590. The highest BCUT2D eigenvalue weighted by Gasteiger charge is 2.19. The molecule has 2 aromatic heterocycles. The zero-order valence-electron chi connectivity index (χ0n) is 29.8. The van der Waals surface area contributed by atoms with E-state index in [-0.39, 0.29) is 0 Å². The summed E-state index contributed by atoms with van der Waals surface area (Å²) in [5, 5.41) is 1.97. The quantitative estimate of drug-likeness (QED) is 0.166. The number of rotatable bonds is 7. The molecule has 4 heteroatoms. The zero-order valence-corrected chi connectivity index (χ0v) is 29.8. The summed E-state index contributed by atoms with van der Waals surface area (Å²) in [7, 11) is 0. The highest BCUT2D eigenvalue weighted by Crippen LogP contribution is 2.41. The number of fused-ring (bicyclic) bond motifs is 3. The van der Waals surface area contributed by atoms with Crippen molar-refractivity contribution in [2.45, 2.75) is 0 Å². The van der Waals surface area contributed by atoms with Crippen LogP contribution in [0.15, 0.2) is 205 Å². The first kappa shape index (κ1) is 32.2. The van der Waals surface area contributed by atoms with Gasteiger partial charge in [-0.3, -0.25) is 0 Å². The number of aromatic nitrogens is 3. The Labute approximate surface area is 319 Å². The summed E-state index contributed by atoms with van der Waals surface area (Å²) in [6.45, 7) is 0. The van der Waals surface area contributed by atoms with E-state index in [1.54, 1.807) is 0 Å². The molecule has 10 rings (SSSR count). The molecule has 0 aliphatic carbocycles. The third kappa shape index (κ3) is 6.16. The Morgan fingerprint density at radius 1 is 0.273 bits per heavy atom. The predicted octanol–water partition coefficient (Wildman–Crippen LogP) is 13.4. The van der Waals surface area contributed by atoms with Gasteiger partial charge in [-0.05, 0) is 68.8 Å². The minimum Gasteiger partial charge on any atom is -0.456 e. The Hall–Kier alpha value is -7.43. The van der Waals surface area contributed by atoms with Gasteiger partial charge in [0.15, 0.2) is 17.5 Å². The van der Waals surface area contributed by atoms with Crippen LogP contribution >= 0.6 is 0 Å². The molecule has 0 saturated carbocycles. The SMILES string of the molecule is c1ccc(-c2ccc(-c3nc(-c4ccccc4)nc(-c4cccc5oc6ccc(-c7ccc(-c8ccccc8)cc7-c7ccccc7)cc6c45)n3)cc2)cc1. The monoisotopic (exact) mass is 703 g/mol. The van der Waals surface area contributed by atoms with Crippen molar-refractivity contribution in [1.82, 2.24) is 15.0 Å². The first-order valence-corrected chi connectivity index (χ1v) is 18.4. The standard InChI is InChI=1S/C51H33N3O/c1-5-14-34(15-6-1)36-24-26-39(27-25-36)50-52-49(38-20-11-4-12-21-38)53-51(54-50)43-22-13-23-47-48(43)45-33-41(29-31-46(45)55-47)42-30-28-40(35-16-7-2-8-17-35)32-44(42)37-18-9-3-10-19-37/h1-33H. The average Bonchev–Trinajstić information content (AvgIpc) is 3.66. The van der Waals surface area contributed by atoms with Gasteiger partial charge in [-0.1, -0.05) is 176 Å². The molecule has 8 aromatic carbocycles. The van der Waals surface area contributed by atoms with Gasteiger partial charge in [0.25, 0.3) is 0 Å². The van der Waals surface area contributed by atoms with Gasteiger partial charge in [0, 0.05) is 27.5 Å². The van der Waals surface area contributed by atoms with Crippen LogP contribution < -0.4 is 0 Å². The molecule has 258 valence electrons. The molecule has 4 nitrogen and oxygen atoms in total. The molecule has 2 heterocycles. The molecule has 0 fully saturated rings. The molecular formula is C51H33N3O. The van der Waals surface area contributed by atoms with Gasteiger partial charge in [-0.2, -0.15) is 0 Å². The van der Waals surface area contributed by atoms with Crippen molar-refractivity contribution in [3.8, 4) is 78.7 Å². The Morgan fingerprint density at radius 3 is 1.42 bits per heavy atom. The second-order valence-electron chi connectivity index (χ2n) is 13.6. The van der Waals surface area contributed by atoms with Gasteiger partial charge in [0.2, 0.25) is 0 Å². The zero-order chi connectivity index (χ0) is 36.6. The Bertz CT molecular complexity index is 2940. The van der Waals surface area contributed by atoms with E-state index < -0.39 is 0 Å². The van der Waals surface area contributed by atoms with Crippen LogP contribution in [0.25, 0.3) is 101 Å². The maximum Gasteiger partial charge on any atom is 0.164 e. The van der Waals surface area contributed by atoms with Crippen molar-refractivity contribution in [2.75, 3.05) is 0 Å². The molecular weight excluding hydrogens is 671 g/mol. The first-order valence-electron chi connectivity index (χ1n) is 18.4.